The second-order valence-corrected chi connectivity index (χ2v) is 5.49. The molecule has 0 unspecified atom stereocenters. The maximum absolute atomic E-state index is 12.7. The summed E-state index contributed by atoms with van der Waals surface area (Å²) in [4.78, 5) is 26.9. The van der Waals surface area contributed by atoms with E-state index in [9.17, 15) is 14.0 Å². The van der Waals surface area contributed by atoms with Gasteiger partial charge < -0.3 is 10.4 Å². The van der Waals surface area contributed by atoms with Crippen molar-refractivity contribution in [2.75, 3.05) is 0 Å². The van der Waals surface area contributed by atoms with Gasteiger partial charge in [-0.05, 0) is 24.6 Å². The average molecular weight is 308 g/mol. The molecule has 21 heavy (non-hydrogen) atoms. The molecule has 0 bridgehead atoms. The first kappa shape index (κ1) is 15.1. The highest BCUT2D eigenvalue weighted by Crippen LogP contribution is 2.18. The number of nitrogens with one attached hydrogen (secondary N) is 1. The number of aromatic nitrogens is 1. The number of nitrogens with zero attached hydrogens (tertiary/aromatic N) is 1. The maximum Gasteiger partial charge on any atom is 0.347 e. The molecular weight excluding hydrogens is 295 g/mol. The van der Waals surface area contributed by atoms with Gasteiger partial charge in [-0.15, -0.1) is 11.3 Å². The van der Waals surface area contributed by atoms with Crippen LogP contribution in [0.5, 0.6) is 0 Å². The Kier molecular flexibility index (Phi) is 4.64. The molecule has 0 aliphatic rings. The third-order valence-electron chi connectivity index (χ3n) is 2.75. The molecule has 7 heteroatoms. The van der Waals surface area contributed by atoms with Crippen LogP contribution in [0.25, 0.3) is 0 Å². The molecule has 0 atom stereocenters. The minimum Gasteiger partial charge on any atom is -0.477 e. The van der Waals surface area contributed by atoms with Crippen LogP contribution in [0.15, 0.2) is 24.3 Å². The highest BCUT2D eigenvalue weighted by atomic mass is 32.1. The quantitative estimate of drug-likeness (QED) is 0.887. The molecule has 1 aromatic heterocycles. The van der Waals surface area contributed by atoms with E-state index in [1.807, 2.05) is 0 Å². The molecule has 1 amide bonds. The van der Waals surface area contributed by atoms with E-state index in [-0.39, 0.29) is 29.6 Å². The van der Waals surface area contributed by atoms with Gasteiger partial charge in [0.15, 0.2) is 0 Å². The number of amides is 1. The first-order chi connectivity index (χ1) is 9.95. The molecule has 1 heterocycles. The molecule has 0 aliphatic carbocycles. The number of carbonyl (C=O) groups is 2. The van der Waals surface area contributed by atoms with Gasteiger partial charge in [-0.3, -0.25) is 4.79 Å². The number of thiazole rings is 1. The van der Waals surface area contributed by atoms with Gasteiger partial charge in [-0.25, -0.2) is 14.2 Å². The number of halogens is 1. The van der Waals surface area contributed by atoms with E-state index >= 15 is 0 Å². The molecular formula is C14H13FN2O3S. The highest BCUT2D eigenvalue weighted by molar-refractivity contribution is 7.13. The molecule has 0 saturated carbocycles. The van der Waals surface area contributed by atoms with Crippen molar-refractivity contribution in [3.63, 3.8) is 0 Å². The van der Waals surface area contributed by atoms with Crippen LogP contribution in [-0.4, -0.2) is 22.0 Å². The van der Waals surface area contributed by atoms with Gasteiger partial charge in [0.1, 0.15) is 15.7 Å². The lowest BCUT2D eigenvalue weighted by Crippen LogP contribution is -2.24. The number of hydrogen-bond donors (Lipinski definition) is 2. The Morgan fingerprint density at radius 2 is 2.00 bits per heavy atom. The van der Waals surface area contributed by atoms with Crippen LogP contribution >= 0.6 is 11.3 Å². The Balaban J connectivity index is 1.91. The number of carboxylic acids is 1. The second-order valence-electron chi connectivity index (χ2n) is 4.41. The lowest BCUT2D eigenvalue weighted by Gasteiger charge is -2.04. The molecule has 0 radical (unpaired) electrons. The highest BCUT2D eigenvalue weighted by Gasteiger charge is 2.15. The smallest absolute Gasteiger partial charge is 0.347 e. The minimum atomic E-state index is -1.04. The number of carbonyl (C=O) groups excluding carboxylic acids is 1. The lowest BCUT2D eigenvalue weighted by atomic mass is 10.2. The molecule has 2 rings (SSSR count). The molecule has 0 spiro atoms. The molecule has 0 fully saturated rings. The van der Waals surface area contributed by atoms with E-state index in [1.165, 1.54) is 12.1 Å². The van der Waals surface area contributed by atoms with E-state index < -0.39 is 5.97 Å². The van der Waals surface area contributed by atoms with Crippen molar-refractivity contribution >= 4 is 23.2 Å². The fourth-order valence-corrected chi connectivity index (χ4v) is 2.63. The van der Waals surface area contributed by atoms with Crippen LogP contribution in [-0.2, 0) is 17.8 Å². The van der Waals surface area contributed by atoms with Gasteiger partial charge in [0.05, 0.1) is 12.1 Å². The number of hydrogen-bond acceptors (Lipinski definition) is 4. The Labute approximate surface area is 124 Å². The van der Waals surface area contributed by atoms with Crippen LogP contribution in [0.1, 0.15) is 25.9 Å². The number of carboxylic acid groups (broad SMARTS) is 1. The van der Waals surface area contributed by atoms with E-state index in [0.29, 0.717) is 10.7 Å². The zero-order valence-corrected chi connectivity index (χ0v) is 12.0. The molecule has 110 valence electrons. The number of rotatable bonds is 5. The third kappa shape index (κ3) is 4.09. The zero-order valence-electron chi connectivity index (χ0n) is 11.2. The van der Waals surface area contributed by atoms with Gasteiger partial charge in [0, 0.05) is 6.54 Å². The Hall–Kier alpha value is -2.28. The number of aryl methyl sites for hydroxylation is 1. The zero-order chi connectivity index (χ0) is 15.4. The van der Waals surface area contributed by atoms with Crippen molar-refractivity contribution in [3.05, 3.63) is 51.2 Å². The summed E-state index contributed by atoms with van der Waals surface area (Å²) >= 11 is 0.998. The summed E-state index contributed by atoms with van der Waals surface area (Å²) < 4.78 is 12.7. The summed E-state index contributed by atoms with van der Waals surface area (Å²) in [6.45, 7) is 1.88. The molecule has 0 saturated heterocycles. The number of aromatic carboxylic acids is 1. The van der Waals surface area contributed by atoms with Crippen LogP contribution in [0.4, 0.5) is 4.39 Å². The van der Waals surface area contributed by atoms with Gasteiger partial charge in [0.2, 0.25) is 5.91 Å². The van der Waals surface area contributed by atoms with Crippen molar-refractivity contribution < 1.29 is 19.1 Å². The average Bonchev–Trinajstić information content (AvgIpc) is 2.79. The Morgan fingerprint density at radius 1 is 1.33 bits per heavy atom. The third-order valence-corrected chi connectivity index (χ3v) is 3.90. The largest absolute Gasteiger partial charge is 0.477 e. The summed E-state index contributed by atoms with van der Waals surface area (Å²) in [6.07, 6.45) is 0.0278. The van der Waals surface area contributed by atoms with Crippen molar-refractivity contribution in [2.24, 2.45) is 0 Å². The van der Waals surface area contributed by atoms with Crippen molar-refractivity contribution in [3.8, 4) is 0 Å². The SMILES string of the molecule is Cc1nc(CC(=O)NCc2ccc(F)cc2)sc1C(=O)O. The summed E-state index contributed by atoms with van der Waals surface area (Å²) in [5, 5.41) is 12.1. The van der Waals surface area contributed by atoms with Gasteiger partial charge in [-0.2, -0.15) is 0 Å². The Morgan fingerprint density at radius 3 is 2.57 bits per heavy atom. The number of benzene rings is 1. The monoisotopic (exact) mass is 308 g/mol. The summed E-state index contributed by atoms with van der Waals surface area (Å²) in [7, 11) is 0. The fraction of sp³-hybridized carbons (Fsp3) is 0.214. The van der Waals surface area contributed by atoms with E-state index in [2.05, 4.69) is 10.3 Å². The predicted octanol–water partition coefficient (Wildman–Crippen LogP) is 2.15. The normalized spacial score (nSPS) is 10.4. The Bertz CT molecular complexity index is 667. The van der Waals surface area contributed by atoms with Crippen molar-refractivity contribution in [2.45, 2.75) is 19.9 Å². The van der Waals surface area contributed by atoms with Crippen LogP contribution < -0.4 is 5.32 Å². The standard InChI is InChI=1S/C14H13FN2O3S/c1-8-13(14(19)20)21-12(17-8)6-11(18)16-7-9-2-4-10(15)5-3-9/h2-5H,6-7H2,1H3,(H,16,18)(H,19,20). The maximum atomic E-state index is 12.7. The fourth-order valence-electron chi connectivity index (χ4n) is 1.73. The predicted molar refractivity (Wildman–Crippen MR) is 75.8 cm³/mol. The van der Waals surface area contributed by atoms with Gasteiger partial charge >= 0.3 is 5.97 Å². The summed E-state index contributed by atoms with van der Waals surface area (Å²) in [6, 6.07) is 5.83. The first-order valence-electron chi connectivity index (χ1n) is 6.16. The minimum absolute atomic E-state index is 0.0278. The first-order valence-corrected chi connectivity index (χ1v) is 6.98. The van der Waals surface area contributed by atoms with Gasteiger partial charge in [0.25, 0.3) is 0 Å². The molecule has 5 nitrogen and oxygen atoms in total. The van der Waals surface area contributed by atoms with Crippen molar-refractivity contribution in [1.82, 2.24) is 10.3 Å². The van der Waals surface area contributed by atoms with E-state index in [4.69, 9.17) is 5.11 Å². The summed E-state index contributed by atoms with van der Waals surface area (Å²) in [5.74, 6) is -1.63. The van der Waals surface area contributed by atoms with E-state index in [0.717, 1.165) is 16.9 Å². The second kappa shape index (κ2) is 6.45. The molecule has 1 aromatic carbocycles. The molecule has 2 N–H and O–H groups in total. The van der Waals surface area contributed by atoms with Crippen LogP contribution in [0, 0.1) is 12.7 Å². The summed E-state index contributed by atoms with van der Waals surface area (Å²) in [5.41, 5.74) is 1.19. The molecule has 2 aromatic rings. The molecule has 0 aliphatic heterocycles. The van der Waals surface area contributed by atoms with Crippen LogP contribution in [0.2, 0.25) is 0 Å². The van der Waals surface area contributed by atoms with Crippen molar-refractivity contribution in [1.29, 1.82) is 0 Å². The topological polar surface area (TPSA) is 79.3 Å². The van der Waals surface area contributed by atoms with Crippen LogP contribution in [0.3, 0.4) is 0 Å². The van der Waals surface area contributed by atoms with Gasteiger partial charge in [-0.1, -0.05) is 12.1 Å². The van der Waals surface area contributed by atoms with E-state index in [1.54, 1.807) is 19.1 Å². The lowest BCUT2D eigenvalue weighted by molar-refractivity contribution is -0.120.